The molecule has 0 radical (unpaired) electrons. The standard InChI is InChI=1S/C15H18BrNO2/c16-12-5-3-11(4-6-12)15(7-8-15)14(19)17-9-13(18)10-1-2-10/h3-6,10,13,18H,1-2,7-9H2,(H,17,19). The fourth-order valence-electron chi connectivity index (χ4n) is 2.55. The highest BCUT2D eigenvalue weighted by atomic mass is 79.9. The summed E-state index contributed by atoms with van der Waals surface area (Å²) in [4.78, 5) is 12.3. The molecule has 19 heavy (non-hydrogen) atoms. The van der Waals surface area contributed by atoms with Gasteiger partial charge in [-0.1, -0.05) is 28.1 Å². The Hall–Kier alpha value is -0.870. The van der Waals surface area contributed by atoms with Gasteiger partial charge in [-0.2, -0.15) is 0 Å². The first-order chi connectivity index (χ1) is 9.12. The van der Waals surface area contributed by atoms with E-state index in [1.165, 1.54) is 0 Å². The van der Waals surface area contributed by atoms with E-state index in [2.05, 4.69) is 21.2 Å². The van der Waals surface area contributed by atoms with Crippen LogP contribution >= 0.6 is 15.9 Å². The summed E-state index contributed by atoms with van der Waals surface area (Å²) >= 11 is 3.41. The zero-order valence-corrected chi connectivity index (χ0v) is 12.3. The van der Waals surface area contributed by atoms with Gasteiger partial charge in [0, 0.05) is 11.0 Å². The van der Waals surface area contributed by atoms with Crippen LogP contribution in [-0.2, 0) is 10.2 Å². The van der Waals surface area contributed by atoms with Gasteiger partial charge in [0.2, 0.25) is 5.91 Å². The molecule has 1 aromatic carbocycles. The Labute approximate surface area is 121 Å². The molecule has 0 heterocycles. The minimum Gasteiger partial charge on any atom is -0.391 e. The van der Waals surface area contributed by atoms with Crippen molar-refractivity contribution in [1.82, 2.24) is 5.32 Å². The monoisotopic (exact) mass is 323 g/mol. The van der Waals surface area contributed by atoms with Crippen molar-refractivity contribution in [3.8, 4) is 0 Å². The summed E-state index contributed by atoms with van der Waals surface area (Å²) in [7, 11) is 0. The average molecular weight is 324 g/mol. The number of carbonyl (C=O) groups is 1. The molecule has 1 unspecified atom stereocenters. The predicted molar refractivity (Wildman–Crippen MR) is 76.8 cm³/mol. The molecule has 1 amide bonds. The zero-order valence-electron chi connectivity index (χ0n) is 10.7. The van der Waals surface area contributed by atoms with Gasteiger partial charge < -0.3 is 10.4 Å². The lowest BCUT2D eigenvalue weighted by Crippen LogP contribution is -2.39. The molecule has 3 rings (SSSR count). The number of amides is 1. The van der Waals surface area contributed by atoms with Gasteiger partial charge in [-0.3, -0.25) is 4.79 Å². The first-order valence-electron chi connectivity index (χ1n) is 6.84. The normalized spacial score (nSPS) is 21.8. The Balaban J connectivity index is 1.63. The second-order valence-corrected chi connectivity index (χ2v) is 6.62. The van der Waals surface area contributed by atoms with Crippen molar-refractivity contribution < 1.29 is 9.90 Å². The fourth-order valence-corrected chi connectivity index (χ4v) is 2.82. The molecular formula is C15H18BrNO2. The number of nitrogens with one attached hydrogen (secondary N) is 1. The molecule has 1 aromatic rings. The van der Waals surface area contributed by atoms with Gasteiger partial charge in [-0.15, -0.1) is 0 Å². The smallest absolute Gasteiger partial charge is 0.230 e. The molecule has 2 saturated carbocycles. The quantitative estimate of drug-likeness (QED) is 0.874. The van der Waals surface area contributed by atoms with Crippen LogP contribution in [0.1, 0.15) is 31.2 Å². The van der Waals surface area contributed by atoms with E-state index < -0.39 is 0 Å². The van der Waals surface area contributed by atoms with Crippen molar-refractivity contribution in [2.24, 2.45) is 5.92 Å². The van der Waals surface area contributed by atoms with E-state index in [-0.39, 0.29) is 17.4 Å². The zero-order chi connectivity index (χ0) is 13.5. The maximum absolute atomic E-state index is 12.3. The summed E-state index contributed by atoms with van der Waals surface area (Å²) in [6, 6.07) is 7.96. The molecule has 0 aliphatic heterocycles. The minimum absolute atomic E-state index is 0.0644. The number of aliphatic hydroxyl groups excluding tert-OH is 1. The molecule has 0 bridgehead atoms. The van der Waals surface area contributed by atoms with Crippen LogP contribution < -0.4 is 5.32 Å². The van der Waals surface area contributed by atoms with Crippen LogP contribution in [-0.4, -0.2) is 23.7 Å². The van der Waals surface area contributed by atoms with E-state index in [9.17, 15) is 9.90 Å². The van der Waals surface area contributed by atoms with Crippen LogP contribution in [0.2, 0.25) is 0 Å². The highest BCUT2D eigenvalue weighted by molar-refractivity contribution is 9.10. The van der Waals surface area contributed by atoms with Crippen LogP contribution in [0, 0.1) is 5.92 Å². The van der Waals surface area contributed by atoms with E-state index in [4.69, 9.17) is 0 Å². The van der Waals surface area contributed by atoms with E-state index >= 15 is 0 Å². The summed E-state index contributed by atoms with van der Waals surface area (Å²) in [5.74, 6) is 0.470. The SMILES string of the molecule is O=C(NCC(O)C1CC1)C1(c2ccc(Br)cc2)CC1. The van der Waals surface area contributed by atoms with E-state index in [1.807, 2.05) is 24.3 Å². The highest BCUT2D eigenvalue weighted by Gasteiger charge is 2.51. The van der Waals surface area contributed by atoms with Gasteiger partial charge in [0.25, 0.3) is 0 Å². The summed E-state index contributed by atoms with van der Waals surface area (Å²) in [5.41, 5.74) is 0.735. The molecule has 2 aliphatic carbocycles. The summed E-state index contributed by atoms with van der Waals surface area (Å²) in [5, 5.41) is 12.7. The fraction of sp³-hybridized carbons (Fsp3) is 0.533. The van der Waals surface area contributed by atoms with Crippen molar-refractivity contribution in [2.45, 2.75) is 37.2 Å². The maximum atomic E-state index is 12.3. The summed E-state index contributed by atoms with van der Waals surface area (Å²) < 4.78 is 1.02. The number of rotatable bonds is 5. The van der Waals surface area contributed by atoms with Crippen LogP contribution in [0.5, 0.6) is 0 Å². The molecule has 2 N–H and O–H groups in total. The van der Waals surface area contributed by atoms with Gasteiger partial charge in [0.1, 0.15) is 0 Å². The van der Waals surface area contributed by atoms with Crippen LogP contribution in [0.4, 0.5) is 0 Å². The van der Waals surface area contributed by atoms with Gasteiger partial charge >= 0.3 is 0 Å². The molecule has 102 valence electrons. The lowest BCUT2D eigenvalue weighted by atomic mass is 9.95. The molecule has 3 nitrogen and oxygen atoms in total. The second-order valence-electron chi connectivity index (χ2n) is 5.70. The van der Waals surface area contributed by atoms with Crippen LogP contribution in [0.3, 0.4) is 0 Å². The topological polar surface area (TPSA) is 49.3 Å². The summed E-state index contributed by atoms with van der Waals surface area (Å²) in [6.07, 6.45) is 3.62. The third kappa shape index (κ3) is 2.70. The number of aliphatic hydroxyl groups is 1. The van der Waals surface area contributed by atoms with Gasteiger partial charge in [-0.25, -0.2) is 0 Å². The van der Waals surface area contributed by atoms with Crippen molar-refractivity contribution >= 4 is 21.8 Å². The number of carbonyl (C=O) groups excluding carboxylic acids is 1. The van der Waals surface area contributed by atoms with E-state index in [0.29, 0.717) is 12.5 Å². The first-order valence-corrected chi connectivity index (χ1v) is 7.63. The largest absolute Gasteiger partial charge is 0.391 e. The van der Waals surface area contributed by atoms with Gasteiger partial charge in [0.05, 0.1) is 11.5 Å². The van der Waals surface area contributed by atoms with E-state index in [1.54, 1.807) is 0 Å². The Morgan fingerprint density at radius 2 is 2.00 bits per heavy atom. The Kier molecular flexibility index (Phi) is 3.39. The third-order valence-corrected chi connectivity index (χ3v) is 4.75. The second kappa shape index (κ2) is 4.91. The lowest BCUT2D eigenvalue weighted by Gasteiger charge is -2.17. The van der Waals surface area contributed by atoms with Gasteiger partial charge in [-0.05, 0) is 49.3 Å². The summed E-state index contributed by atoms with van der Waals surface area (Å²) in [6.45, 7) is 0.391. The minimum atomic E-state index is -0.371. The van der Waals surface area contributed by atoms with Crippen LogP contribution in [0.15, 0.2) is 28.7 Å². The molecule has 2 fully saturated rings. The lowest BCUT2D eigenvalue weighted by molar-refractivity contribution is -0.124. The third-order valence-electron chi connectivity index (χ3n) is 4.22. The first kappa shape index (κ1) is 13.1. The molecule has 4 heteroatoms. The van der Waals surface area contributed by atoms with Crippen LogP contribution in [0.25, 0.3) is 0 Å². The van der Waals surface area contributed by atoms with Crippen molar-refractivity contribution in [3.63, 3.8) is 0 Å². The number of hydrogen-bond acceptors (Lipinski definition) is 2. The number of benzene rings is 1. The Morgan fingerprint density at radius 3 is 2.53 bits per heavy atom. The van der Waals surface area contributed by atoms with Crippen molar-refractivity contribution in [2.75, 3.05) is 6.54 Å². The molecule has 1 atom stereocenters. The van der Waals surface area contributed by atoms with Crippen molar-refractivity contribution in [1.29, 1.82) is 0 Å². The Morgan fingerprint density at radius 1 is 1.37 bits per heavy atom. The Bertz CT molecular complexity index is 477. The highest BCUT2D eigenvalue weighted by Crippen LogP contribution is 2.48. The maximum Gasteiger partial charge on any atom is 0.230 e. The molecule has 0 spiro atoms. The molecule has 2 aliphatic rings. The van der Waals surface area contributed by atoms with E-state index in [0.717, 1.165) is 35.7 Å². The molecule has 0 saturated heterocycles. The number of halogens is 1. The predicted octanol–water partition coefficient (Wildman–Crippen LogP) is 2.37. The van der Waals surface area contributed by atoms with Gasteiger partial charge in [0.15, 0.2) is 0 Å². The average Bonchev–Trinajstić information content (AvgIpc) is 3.29. The molecule has 0 aromatic heterocycles. The number of hydrogen-bond donors (Lipinski definition) is 2. The van der Waals surface area contributed by atoms with Crippen molar-refractivity contribution in [3.05, 3.63) is 34.3 Å². The molecular weight excluding hydrogens is 306 g/mol.